The molecule has 0 rings (SSSR count). The molecule has 0 N–H and O–H groups in total. The molecule has 0 heterocycles. The Hall–Kier alpha value is -0.860. The van der Waals surface area contributed by atoms with Gasteiger partial charge in [-0.15, -0.1) is 0 Å². The van der Waals surface area contributed by atoms with E-state index in [1.807, 2.05) is 27.7 Å². The van der Waals surface area contributed by atoms with E-state index in [1.54, 1.807) is 6.92 Å². The summed E-state index contributed by atoms with van der Waals surface area (Å²) in [5.74, 6) is 0.0130. The van der Waals surface area contributed by atoms with Gasteiger partial charge in [0.25, 0.3) is 0 Å². The summed E-state index contributed by atoms with van der Waals surface area (Å²) in [6.45, 7) is 10.1. The molecule has 3 nitrogen and oxygen atoms in total. The van der Waals surface area contributed by atoms with Gasteiger partial charge in [0.2, 0.25) is 0 Å². The molecule has 0 aliphatic heterocycles. The molecule has 0 bridgehead atoms. The first-order chi connectivity index (χ1) is 8.44. The third kappa shape index (κ3) is 4.43. The van der Waals surface area contributed by atoms with E-state index < -0.39 is 5.41 Å². The number of carbonyl (C=O) groups excluding carboxylic acids is 2. The molecule has 0 saturated heterocycles. The van der Waals surface area contributed by atoms with Gasteiger partial charge in [-0.1, -0.05) is 40.5 Å². The molecule has 0 unspecified atom stereocenters. The Labute approximate surface area is 111 Å². The quantitative estimate of drug-likeness (QED) is 0.466. The standard InChI is InChI=1S/C15H28O3/c1-6-9-15(10-7-2,14(17)18-8-3)13(16)11-12(4)5/h12H,6-11H2,1-5H3. The van der Waals surface area contributed by atoms with Crippen molar-refractivity contribution >= 4 is 11.8 Å². The number of rotatable bonds is 9. The maximum atomic E-state index is 12.5. The molecule has 0 amide bonds. The molecule has 106 valence electrons. The van der Waals surface area contributed by atoms with Gasteiger partial charge in [0.05, 0.1) is 6.61 Å². The molecule has 0 aromatic carbocycles. The summed E-state index contributed by atoms with van der Waals surface area (Å²) < 4.78 is 5.16. The molecule has 0 aliphatic rings. The molecule has 0 saturated carbocycles. The summed E-state index contributed by atoms with van der Waals surface area (Å²) in [7, 11) is 0. The van der Waals surface area contributed by atoms with Crippen molar-refractivity contribution in [1.29, 1.82) is 0 Å². The molecule has 0 aromatic rings. The van der Waals surface area contributed by atoms with Gasteiger partial charge in [-0.3, -0.25) is 9.59 Å². The summed E-state index contributed by atoms with van der Waals surface area (Å²) in [5.41, 5.74) is -0.899. The first-order valence-electron chi connectivity index (χ1n) is 7.15. The van der Waals surface area contributed by atoms with Crippen LogP contribution < -0.4 is 0 Å². The molecule has 18 heavy (non-hydrogen) atoms. The highest BCUT2D eigenvalue weighted by Crippen LogP contribution is 2.35. The van der Waals surface area contributed by atoms with Crippen LogP contribution in [0, 0.1) is 11.3 Å². The Bertz CT molecular complexity index is 263. The Morgan fingerprint density at radius 3 is 1.89 bits per heavy atom. The van der Waals surface area contributed by atoms with E-state index in [9.17, 15) is 9.59 Å². The second-order valence-electron chi connectivity index (χ2n) is 5.32. The Balaban J connectivity index is 5.18. The minimum Gasteiger partial charge on any atom is -0.465 e. The predicted molar refractivity (Wildman–Crippen MR) is 73.3 cm³/mol. The van der Waals surface area contributed by atoms with Gasteiger partial charge in [-0.05, 0) is 25.7 Å². The number of carbonyl (C=O) groups is 2. The number of ketones is 1. The highest BCUT2D eigenvalue weighted by atomic mass is 16.5. The average Bonchev–Trinajstić information content (AvgIpc) is 2.27. The van der Waals surface area contributed by atoms with Crippen LogP contribution in [0.25, 0.3) is 0 Å². The first-order valence-corrected chi connectivity index (χ1v) is 7.15. The van der Waals surface area contributed by atoms with Crippen LogP contribution in [0.2, 0.25) is 0 Å². The van der Waals surface area contributed by atoms with Crippen LogP contribution in [0.15, 0.2) is 0 Å². The molecule has 0 aromatic heterocycles. The van der Waals surface area contributed by atoms with E-state index in [2.05, 4.69) is 0 Å². The van der Waals surface area contributed by atoms with E-state index >= 15 is 0 Å². The van der Waals surface area contributed by atoms with Crippen molar-refractivity contribution in [3.63, 3.8) is 0 Å². The molecule has 0 atom stereocenters. The summed E-state index contributed by atoms with van der Waals surface area (Å²) in [4.78, 5) is 24.7. The lowest BCUT2D eigenvalue weighted by Crippen LogP contribution is -2.41. The number of ether oxygens (including phenoxy) is 1. The summed E-state index contributed by atoms with van der Waals surface area (Å²) >= 11 is 0. The Morgan fingerprint density at radius 2 is 1.56 bits per heavy atom. The van der Waals surface area contributed by atoms with Crippen molar-refractivity contribution in [2.24, 2.45) is 11.3 Å². The van der Waals surface area contributed by atoms with Crippen LogP contribution in [-0.4, -0.2) is 18.4 Å². The number of hydrogen-bond donors (Lipinski definition) is 0. The second-order valence-corrected chi connectivity index (χ2v) is 5.32. The van der Waals surface area contributed by atoms with Gasteiger partial charge in [0.15, 0.2) is 0 Å². The van der Waals surface area contributed by atoms with Crippen LogP contribution >= 0.6 is 0 Å². The van der Waals surface area contributed by atoms with Gasteiger partial charge in [-0.2, -0.15) is 0 Å². The SMILES string of the molecule is CCCC(CCC)(C(=O)CC(C)C)C(=O)OCC. The normalized spacial score (nSPS) is 11.7. The fraction of sp³-hybridized carbons (Fsp3) is 0.867. The number of hydrogen-bond acceptors (Lipinski definition) is 3. The fourth-order valence-corrected chi connectivity index (χ4v) is 2.41. The zero-order chi connectivity index (χ0) is 14.2. The van der Waals surface area contributed by atoms with Crippen LogP contribution in [0.3, 0.4) is 0 Å². The lowest BCUT2D eigenvalue weighted by molar-refractivity contribution is -0.161. The zero-order valence-electron chi connectivity index (χ0n) is 12.5. The smallest absolute Gasteiger partial charge is 0.319 e. The van der Waals surface area contributed by atoms with E-state index in [0.717, 1.165) is 12.8 Å². The molecular formula is C15H28O3. The Kier molecular flexibility index (Phi) is 7.88. The topological polar surface area (TPSA) is 43.4 Å². The molecule has 0 fully saturated rings. The van der Waals surface area contributed by atoms with Crippen molar-refractivity contribution in [3.8, 4) is 0 Å². The molecule has 0 radical (unpaired) electrons. The lowest BCUT2D eigenvalue weighted by atomic mass is 9.73. The lowest BCUT2D eigenvalue weighted by Gasteiger charge is -2.30. The minimum absolute atomic E-state index is 0.0552. The van der Waals surface area contributed by atoms with Gasteiger partial charge in [0, 0.05) is 6.42 Å². The second kappa shape index (κ2) is 8.28. The summed E-state index contributed by atoms with van der Waals surface area (Å²) in [6.07, 6.45) is 3.31. The molecule has 3 heteroatoms. The van der Waals surface area contributed by atoms with Crippen molar-refractivity contribution in [2.75, 3.05) is 6.61 Å². The van der Waals surface area contributed by atoms with E-state index in [-0.39, 0.29) is 17.7 Å². The molecular weight excluding hydrogens is 228 g/mol. The van der Waals surface area contributed by atoms with Crippen molar-refractivity contribution in [3.05, 3.63) is 0 Å². The molecule has 0 spiro atoms. The predicted octanol–water partition coefficient (Wildman–Crippen LogP) is 3.75. The summed E-state index contributed by atoms with van der Waals surface area (Å²) in [6, 6.07) is 0. The van der Waals surface area contributed by atoms with Gasteiger partial charge < -0.3 is 4.74 Å². The largest absolute Gasteiger partial charge is 0.465 e. The average molecular weight is 256 g/mol. The van der Waals surface area contributed by atoms with Crippen LogP contribution in [0.1, 0.15) is 66.7 Å². The minimum atomic E-state index is -0.899. The van der Waals surface area contributed by atoms with E-state index in [0.29, 0.717) is 25.9 Å². The monoisotopic (exact) mass is 256 g/mol. The van der Waals surface area contributed by atoms with Crippen LogP contribution in [0.5, 0.6) is 0 Å². The third-order valence-electron chi connectivity index (χ3n) is 3.15. The maximum absolute atomic E-state index is 12.5. The third-order valence-corrected chi connectivity index (χ3v) is 3.15. The van der Waals surface area contributed by atoms with Crippen molar-refractivity contribution in [2.45, 2.75) is 66.7 Å². The van der Waals surface area contributed by atoms with Gasteiger partial charge in [-0.25, -0.2) is 0 Å². The zero-order valence-corrected chi connectivity index (χ0v) is 12.5. The van der Waals surface area contributed by atoms with E-state index in [1.165, 1.54) is 0 Å². The van der Waals surface area contributed by atoms with Gasteiger partial charge >= 0.3 is 5.97 Å². The maximum Gasteiger partial charge on any atom is 0.319 e. The van der Waals surface area contributed by atoms with E-state index in [4.69, 9.17) is 4.74 Å². The van der Waals surface area contributed by atoms with Crippen molar-refractivity contribution in [1.82, 2.24) is 0 Å². The first kappa shape index (κ1) is 17.1. The number of Topliss-reactive ketones (excluding diaryl/α,β-unsaturated/α-hetero) is 1. The molecule has 0 aliphatic carbocycles. The van der Waals surface area contributed by atoms with Crippen LogP contribution in [-0.2, 0) is 14.3 Å². The Morgan fingerprint density at radius 1 is 1.06 bits per heavy atom. The highest BCUT2D eigenvalue weighted by Gasteiger charge is 2.44. The summed E-state index contributed by atoms with van der Waals surface area (Å²) in [5, 5.41) is 0. The van der Waals surface area contributed by atoms with Crippen LogP contribution in [0.4, 0.5) is 0 Å². The highest BCUT2D eigenvalue weighted by molar-refractivity contribution is 6.03. The van der Waals surface area contributed by atoms with Crippen molar-refractivity contribution < 1.29 is 14.3 Å². The fourth-order valence-electron chi connectivity index (χ4n) is 2.41. The number of esters is 1. The van der Waals surface area contributed by atoms with Gasteiger partial charge in [0.1, 0.15) is 11.2 Å².